The molecule has 1 N–H and O–H groups in total. The van der Waals surface area contributed by atoms with Crippen molar-refractivity contribution in [1.29, 1.82) is 0 Å². The van der Waals surface area contributed by atoms with Crippen molar-refractivity contribution in [2.24, 2.45) is 0 Å². The average Bonchev–Trinajstić information content (AvgIpc) is 2.50. The van der Waals surface area contributed by atoms with Gasteiger partial charge in [-0.05, 0) is 12.8 Å². The second-order valence-electron chi connectivity index (χ2n) is 7.70. The molecule has 0 amide bonds. The van der Waals surface area contributed by atoms with E-state index in [0.717, 1.165) is 17.4 Å². The first-order valence-electron chi connectivity index (χ1n) is 10.1. The van der Waals surface area contributed by atoms with E-state index in [-0.39, 0.29) is 17.0 Å². The van der Waals surface area contributed by atoms with Crippen LogP contribution in [-0.4, -0.2) is 43.4 Å². The van der Waals surface area contributed by atoms with Gasteiger partial charge in [0, 0.05) is 13.0 Å². The highest BCUT2D eigenvalue weighted by Crippen LogP contribution is 2.13. The maximum absolute atomic E-state index is 8.90. The minimum Gasteiger partial charge on any atom is -1.00 e. The number of rotatable bonds is 17. The van der Waals surface area contributed by atoms with Crippen LogP contribution in [0.1, 0.15) is 96.8 Å². The van der Waals surface area contributed by atoms with Crippen LogP contribution in [0.25, 0.3) is 0 Å². The summed E-state index contributed by atoms with van der Waals surface area (Å²) < 4.78 is 1.07. The normalized spacial score (nSPS) is 11.5. The number of hydrogen-bond acceptors (Lipinski definition) is 1. The molecule has 0 aliphatic heterocycles. The predicted octanol–water partition coefficient (Wildman–Crippen LogP) is 2.54. The Morgan fingerprint density at radius 2 is 0.913 bits per heavy atom. The van der Waals surface area contributed by atoms with E-state index in [4.69, 9.17) is 5.11 Å². The monoisotopic (exact) mass is 393 g/mol. The van der Waals surface area contributed by atoms with E-state index >= 15 is 0 Å². The molecule has 0 radical (unpaired) electrons. The summed E-state index contributed by atoms with van der Waals surface area (Å²) >= 11 is 0. The van der Waals surface area contributed by atoms with Crippen molar-refractivity contribution in [3.63, 3.8) is 0 Å². The first kappa shape index (κ1) is 25.6. The Morgan fingerprint density at radius 3 is 1.30 bits per heavy atom. The van der Waals surface area contributed by atoms with Crippen LogP contribution in [0, 0.1) is 0 Å². The molecule has 0 aromatic rings. The summed E-state index contributed by atoms with van der Waals surface area (Å²) in [7, 11) is 4.58. The summed E-state index contributed by atoms with van der Waals surface area (Å²) in [4.78, 5) is 0. The fraction of sp³-hybridized carbons (Fsp3) is 1.00. The number of unbranched alkanes of at least 4 members (excludes halogenated alkanes) is 12. The highest BCUT2D eigenvalue weighted by Gasteiger charge is 2.12. The summed E-state index contributed by atoms with van der Waals surface area (Å²) in [6.45, 7) is 4.99. The first-order valence-corrected chi connectivity index (χ1v) is 10.1. The third-order valence-electron chi connectivity index (χ3n) is 4.79. The number of nitrogens with zero attached hydrogens (tertiary/aromatic N) is 1. The van der Waals surface area contributed by atoms with Crippen molar-refractivity contribution >= 4 is 0 Å². The molecular formula is C20H44BrNO. The molecule has 0 heterocycles. The molecule has 0 saturated carbocycles. The van der Waals surface area contributed by atoms with Crippen LogP contribution in [0.2, 0.25) is 0 Å². The maximum atomic E-state index is 8.90. The molecule has 0 aromatic carbocycles. The number of aliphatic hydroxyl groups is 1. The van der Waals surface area contributed by atoms with Crippen LogP contribution in [0.15, 0.2) is 0 Å². The molecule has 0 saturated heterocycles. The lowest BCUT2D eigenvalue weighted by molar-refractivity contribution is -0.890. The molecule has 0 aliphatic carbocycles. The predicted molar refractivity (Wildman–Crippen MR) is 99.2 cm³/mol. The van der Waals surface area contributed by atoms with Crippen molar-refractivity contribution in [2.75, 3.05) is 33.8 Å². The van der Waals surface area contributed by atoms with Gasteiger partial charge in [-0.1, -0.05) is 77.6 Å². The van der Waals surface area contributed by atoms with Crippen molar-refractivity contribution in [3.8, 4) is 0 Å². The topological polar surface area (TPSA) is 20.2 Å². The van der Waals surface area contributed by atoms with E-state index in [1.165, 1.54) is 90.0 Å². The largest absolute Gasteiger partial charge is 1.00 e. The van der Waals surface area contributed by atoms with E-state index in [1.807, 2.05) is 0 Å². The molecule has 0 aromatic heterocycles. The summed E-state index contributed by atoms with van der Waals surface area (Å²) in [5, 5.41) is 8.90. The highest BCUT2D eigenvalue weighted by atomic mass is 79.9. The van der Waals surface area contributed by atoms with Gasteiger partial charge in [0.1, 0.15) is 0 Å². The fourth-order valence-electron chi connectivity index (χ4n) is 3.17. The zero-order valence-electron chi connectivity index (χ0n) is 16.3. The quantitative estimate of drug-likeness (QED) is 0.297. The molecular weight excluding hydrogens is 350 g/mol. The Morgan fingerprint density at radius 1 is 0.565 bits per heavy atom. The van der Waals surface area contributed by atoms with Crippen LogP contribution in [0.5, 0.6) is 0 Å². The Hall–Kier alpha value is 0.400. The Bertz CT molecular complexity index is 222. The molecule has 0 atom stereocenters. The lowest BCUT2D eigenvalue weighted by Crippen LogP contribution is -3.00. The molecule has 3 heteroatoms. The Labute approximate surface area is 157 Å². The average molecular weight is 394 g/mol. The molecule has 0 spiro atoms. The Balaban J connectivity index is 0. The summed E-state index contributed by atoms with van der Waals surface area (Å²) in [6.07, 6.45) is 19.5. The van der Waals surface area contributed by atoms with Gasteiger partial charge in [0.25, 0.3) is 0 Å². The molecule has 0 bridgehead atoms. The van der Waals surface area contributed by atoms with E-state index in [9.17, 15) is 0 Å². The standard InChI is InChI=1S/C20H44NO.BrH/c1-4-5-6-7-8-9-10-11-12-13-14-15-16-18-21(2,3)19-17-20-22;/h22H,4-20H2,1-3H3;1H/q+1;/p-1. The van der Waals surface area contributed by atoms with Crippen LogP contribution < -0.4 is 17.0 Å². The third-order valence-corrected chi connectivity index (χ3v) is 4.79. The van der Waals surface area contributed by atoms with Gasteiger partial charge in [0.15, 0.2) is 0 Å². The third kappa shape index (κ3) is 20.4. The van der Waals surface area contributed by atoms with Gasteiger partial charge in [-0.2, -0.15) is 0 Å². The number of aliphatic hydroxyl groups excluding tert-OH is 1. The second-order valence-corrected chi connectivity index (χ2v) is 7.70. The number of halogens is 1. The molecule has 0 aliphatic rings. The molecule has 0 rings (SSSR count). The van der Waals surface area contributed by atoms with Crippen molar-refractivity contribution in [1.82, 2.24) is 0 Å². The van der Waals surface area contributed by atoms with Gasteiger partial charge >= 0.3 is 0 Å². The summed E-state index contributed by atoms with van der Waals surface area (Å²) in [6, 6.07) is 0. The van der Waals surface area contributed by atoms with E-state index < -0.39 is 0 Å². The molecule has 2 nitrogen and oxygen atoms in total. The number of hydrogen-bond donors (Lipinski definition) is 1. The van der Waals surface area contributed by atoms with E-state index in [2.05, 4.69) is 21.0 Å². The lowest BCUT2D eigenvalue weighted by Gasteiger charge is -2.29. The summed E-state index contributed by atoms with van der Waals surface area (Å²) in [5.74, 6) is 0. The van der Waals surface area contributed by atoms with Gasteiger partial charge in [0.2, 0.25) is 0 Å². The molecule has 142 valence electrons. The van der Waals surface area contributed by atoms with Crippen LogP contribution >= 0.6 is 0 Å². The smallest absolute Gasteiger partial charge is 0.0804 e. The Kier molecular flexibility index (Phi) is 20.9. The van der Waals surface area contributed by atoms with Crippen LogP contribution in [0.4, 0.5) is 0 Å². The molecule has 23 heavy (non-hydrogen) atoms. The molecule has 0 fully saturated rings. The number of quaternary nitrogens is 1. The zero-order valence-corrected chi connectivity index (χ0v) is 17.9. The summed E-state index contributed by atoms with van der Waals surface area (Å²) in [5.41, 5.74) is 0. The lowest BCUT2D eigenvalue weighted by atomic mass is 10.0. The van der Waals surface area contributed by atoms with Gasteiger partial charge in [-0.25, -0.2) is 0 Å². The van der Waals surface area contributed by atoms with Crippen molar-refractivity contribution < 1.29 is 26.6 Å². The molecule has 0 unspecified atom stereocenters. The van der Waals surface area contributed by atoms with E-state index in [0.29, 0.717) is 6.61 Å². The minimum absolute atomic E-state index is 0. The van der Waals surface area contributed by atoms with E-state index in [1.54, 1.807) is 0 Å². The van der Waals surface area contributed by atoms with Gasteiger partial charge in [-0.3, -0.25) is 0 Å². The minimum atomic E-state index is 0. The van der Waals surface area contributed by atoms with Gasteiger partial charge in [0.05, 0.1) is 27.2 Å². The zero-order chi connectivity index (χ0) is 16.5. The highest BCUT2D eigenvalue weighted by molar-refractivity contribution is 4.49. The fourth-order valence-corrected chi connectivity index (χ4v) is 3.17. The first-order chi connectivity index (χ1) is 10.6. The van der Waals surface area contributed by atoms with Crippen LogP contribution in [0.3, 0.4) is 0 Å². The van der Waals surface area contributed by atoms with Gasteiger partial charge < -0.3 is 26.6 Å². The SMILES string of the molecule is CCCCCCCCCCCCCCC[N+](C)(C)CCCO.[Br-]. The van der Waals surface area contributed by atoms with Crippen molar-refractivity contribution in [2.45, 2.75) is 96.8 Å². The van der Waals surface area contributed by atoms with Crippen molar-refractivity contribution in [3.05, 3.63) is 0 Å². The van der Waals surface area contributed by atoms with Crippen LogP contribution in [-0.2, 0) is 0 Å². The van der Waals surface area contributed by atoms with Gasteiger partial charge in [-0.15, -0.1) is 0 Å². The second kappa shape index (κ2) is 18.7. The maximum Gasteiger partial charge on any atom is 0.0804 e.